The summed E-state index contributed by atoms with van der Waals surface area (Å²) in [5, 5.41) is 22.3. The van der Waals surface area contributed by atoms with Crippen molar-refractivity contribution in [2.45, 2.75) is 32.0 Å². The van der Waals surface area contributed by atoms with E-state index in [1.165, 1.54) is 6.07 Å². The van der Waals surface area contributed by atoms with E-state index in [-0.39, 0.29) is 5.75 Å². The molecular weight excluding hydrogens is 294 g/mol. The Morgan fingerprint density at radius 3 is 2.78 bits per heavy atom. The van der Waals surface area contributed by atoms with Gasteiger partial charge in [0.05, 0.1) is 16.7 Å². The summed E-state index contributed by atoms with van der Waals surface area (Å²) in [7, 11) is 0. The summed E-state index contributed by atoms with van der Waals surface area (Å²) in [5.41, 5.74) is 1.53. The first-order valence-electron chi connectivity index (χ1n) is 7.55. The minimum Gasteiger partial charge on any atom is -0.506 e. The number of aromatic amines is 1. The molecule has 1 unspecified atom stereocenters. The van der Waals surface area contributed by atoms with Gasteiger partial charge in [-0.05, 0) is 31.5 Å². The molecule has 0 radical (unpaired) electrons. The van der Waals surface area contributed by atoms with E-state index < -0.39 is 17.7 Å². The van der Waals surface area contributed by atoms with Crippen LogP contribution in [0.15, 0.2) is 30.3 Å². The first-order valence-corrected chi connectivity index (χ1v) is 7.55. The van der Waals surface area contributed by atoms with Crippen LogP contribution in [0.4, 0.5) is 0 Å². The minimum atomic E-state index is -1.14. The number of rotatable bonds is 1. The highest BCUT2D eigenvalue weighted by molar-refractivity contribution is 6.14. The van der Waals surface area contributed by atoms with Crippen LogP contribution in [0.5, 0.6) is 5.75 Å². The third-order valence-electron chi connectivity index (χ3n) is 4.52. The Labute approximate surface area is 132 Å². The molecule has 118 valence electrons. The number of para-hydroxylation sites is 1. The molecule has 5 heteroatoms. The molecule has 0 fully saturated rings. The molecule has 0 aliphatic carbocycles. The van der Waals surface area contributed by atoms with Crippen LogP contribution in [0.3, 0.4) is 0 Å². The molecule has 4 rings (SSSR count). The van der Waals surface area contributed by atoms with Crippen LogP contribution in [0.2, 0.25) is 0 Å². The van der Waals surface area contributed by atoms with E-state index >= 15 is 0 Å². The largest absolute Gasteiger partial charge is 0.506 e. The molecule has 2 aromatic carbocycles. The Morgan fingerprint density at radius 1 is 1.30 bits per heavy atom. The van der Waals surface area contributed by atoms with E-state index in [4.69, 9.17) is 4.74 Å². The number of carbonyl (C=O) groups is 1. The lowest BCUT2D eigenvalue weighted by Gasteiger charge is -2.33. The van der Waals surface area contributed by atoms with Crippen molar-refractivity contribution in [3.8, 4) is 5.75 Å². The molecule has 2 heterocycles. The molecule has 1 aromatic heterocycles. The quantitative estimate of drug-likeness (QED) is 0.604. The molecule has 3 N–H and O–H groups in total. The maximum atomic E-state index is 12.3. The Morgan fingerprint density at radius 2 is 2.04 bits per heavy atom. The van der Waals surface area contributed by atoms with Gasteiger partial charge in [0.2, 0.25) is 0 Å². The summed E-state index contributed by atoms with van der Waals surface area (Å²) < 4.78 is 5.36. The first kappa shape index (κ1) is 14.1. The zero-order chi connectivity index (χ0) is 16.4. The summed E-state index contributed by atoms with van der Waals surface area (Å²) in [6, 6.07) is 9.15. The van der Waals surface area contributed by atoms with Gasteiger partial charge in [0.1, 0.15) is 11.9 Å². The van der Waals surface area contributed by atoms with Crippen molar-refractivity contribution in [1.29, 1.82) is 0 Å². The second-order valence-electron chi connectivity index (χ2n) is 6.59. The van der Waals surface area contributed by atoms with Gasteiger partial charge in [0.25, 0.3) is 0 Å². The Hall–Kier alpha value is -2.53. The molecule has 3 aromatic rings. The maximum Gasteiger partial charge on any atom is 0.338 e. The van der Waals surface area contributed by atoms with Crippen molar-refractivity contribution in [2.75, 3.05) is 0 Å². The molecule has 0 saturated carbocycles. The van der Waals surface area contributed by atoms with Crippen molar-refractivity contribution in [3.63, 3.8) is 0 Å². The molecule has 1 atom stereocenters. The fourth-order valence-electron chi connectivity index (χ4n) is 3.29. The molecule has 1 aliphatic heterocycles. The Balaban J connectivity index is 2.07. The van der Waals surface area contributed by atoms with Crippen molar-refractivity contribution in [1.82, 2.24) is 4.98 Å². The lowest BCUT2D eigenvalue weighted by Crippen LogP contribution is -2.44. The van der Waals surface area contributed by atoms with Crippen LogP contribution in [-0.2, 0) is 11.2 Å². The number of cyclic esters (lactones) is 1. The predicted molar refractivity (Wildman–Crippen MR) is 86.7 cm³/mol. The molecule has 0 bridgehead atoms. The van der Waals surface area contributed by atoms with E-state index in [2.05, 4.69) is 4.98 Å². The van der Waals surface area contributed by atoms with Crippen LogP contribution >= 0.6 is 0 Å². The highest BCUT2D eigenvalue weighted by atomic mass is 16.6. The predicted octanol–water partition coefficient (Wildman–Crippen LogP) is 2.88. The maximum absolute atomic E-state index is 12.3. The molecule has 0 spiro atoms. The number of aromatic hydroxyl groups is 1. The molecule has 1 aliphatic rings. The van der Waals surface area contributed by atoms with E-state index in [9.17, 15) is 15.0 Å². The highest BCUT2D eigenvalue weighted by Gasteiger charge is 2.37. The van der Waals surface area contributed by atoms with Crippen molar-refractivity contribution >= 4 is 27.8 Å². The number of hydrogen-bond acceptors (Lipinski definition) is 4. The molecule has 5 nitrogen and oxygen atoms in total. The molecular formula is C18H17NO4. The van der Waals surface area contributed by atoms with E-state index in [1.807, 2.05) is 24.3 Å². The van der Waals surface area contributed by atoms with Crippen LogP contribution < -0.4 is 0 Å². The minimum absolute atomic E-state index is 0.0219. The molecule has 0 amide bonds. The number of ether oxygens (including phenoxy) is 1. The summed E-state index contributed by atoms with van der Waals surface area (Å²) in [5.74, 6) is -0.491. The summed E-state index contributed by atoms with van der Waals surface area (Å²) in [6.45, 7) is 3.26. The zero-order valence-electron chi connectivity index (χ0n) is 12.9. The van der Waals surface area contributed by atoms with Crippen molar-refractivity contribution in [3.05, 3.63) is 41.5 Å². The SMILES string of the molecule is CC(C)(O)C1Cc2c(cc(O)c3[nH]c4ccccc4c23)C(=O)O1. The number of benzene rings is 2. The summed E-state index contributed by atoms with van der Waals surface area (Å²) in [6.07, 6.45) is -0.215. The number of aromatic nitrogens is 1. The van der Waals surface area contributed by atoms with Gasteiger partial charge in [-0.25, -0.2) is 4.79 Å². The number of nitrogens with one attached hydrogen (secondary N) is 1. The Kier molecular flexibility index (Phi) is 2.75. The van der Waals surface area contributed by atoms with Gasteiger partial charge in [-0.3, -0.25) is 0 Å². The van der Waals surface area contributed by atoms with Gasteiger partial charge >= 0.3 is 5.97 Å². The number of H-pyrrole nitrogens is 1. The summed E-state index contributed by atoms with van der Waals surface area (Å²) in [4.78, 5) is 15.5. The van der Waals surface area contributed by atoms with E-state index in [0.29, 0.717) is 17.5 Å². The number of fused-ring (bicyclic) bond motifs is 5. The number of phenolic OH excluding ortho intramolecular Hbond substituents is 1. The Bertz CT molecular complexity index is 949. The molecule has 23 heavy (non-hydrogen) atoms. The third kappa shape index (κ3) is 2.00. The normalized spacial score (nSPS) is 18.2. The second kappa shape index (κ2) is 4.49. The van der Waals surface area contributed by atoms with Gasteiger partial charge in [-0.15, -0.1) is 0 Å². The highest BCUT2D eigenvalue weighted by Crippen LogP contribution is 2.39. The number of phenols is 1. The third-order valence-corrected chi connectivity index (χ3v) is 4.52. The smallest absolute Gasteiger partial charge is 0.338 e. The van der Waals surface area contributed by atoms with Gasteiger partial charge < -0.3 is 19.9 Å². The van der Waals surface area contributed by atoms with Crippen LogP contribution in [-0.4, -0.2) is 32.9 Å². The monoisotopic (exact) mass is 311 g/mol. The fourth-order valence-corrected chi connectivity index (χ4v) is 3.29. The number of hydrogen-bond donors (Lipinski definition) is 3. The zero-order valence-corrected chi connectivity index (χ0v) is 12.9. The average Bonchev–Trinajstić information content (AvgIpc) is 2.88. The summed E-state index contributed by atoms with van der Waals surface area (Å²) >= 11 is 0. The van der Waals surface area contributed by atoms with Gasteiger partial charge in [0, 0.05) is 22.7 Å². The van der Waals surface area contributed by atoms with Gasteiger partial charge in [0.15, 0.2) is 0 Å². The first-order chi connectivity index (χ1) is 10.9. The van der Waals surface area contributed by atoms with Crippen LogP contribution in [0, 0.1) is 0 Å². The number of esters is 1. The van der Waals surface area contributed by atoms with Crippen molar-refractivity contribution in [2.24, 2.45) is 0 Å². The standard InChI is InChI=1S/C18H17NO4/c1-18(2,22)14-8-10-11(17(21)23-14)7-13(20)16-15(10)9-5-3-4-6-12(9)19-16/h3-7,14,19-20,22H,8H2,1-2H3. The van der Waals surface area contributed by atoms with E-state index in [0.717, 1.165) is 21.9 Å². The van der Waals surface area contributed by atoms with E-state index in [1.54, 1.807) is 13.8 Å². The number of carbonyl (C=O) groups excluding carboxylic acids is 1. The van der Waals surface area contributed by atoms with Crippen LogP contribution in [0.25, 0.3) is 21.8 Å². The average molecular weight is 311 g/mol. The van der Waals surface area contributed by atoms with Gasteiger partial charge in [-0.2, -0.15) is 0 Å². The molecule has 0 saturated heterocycles. The van der Waals surface area contributed by atoms with Gasteiger partial charge in [-0.1, -0.05) is 18.2 Å². The second-order valence-corrected chi connectivity index (χ2v) is 6.59. The van der Waals surface area contributed by atoms with Crippen molar-refractivity contribution < 1.29 is 19.7 Å². The lowest BCUT2D eigenvalue weighted by atomic mass is 9.87. The van der Waals surface area contributed by atoms with Crippen LogP contribution in [0.1, 0.15) is 29.8 Å². The fraction of sp³-hybridized carbons (Fsp3) is 0.278. The topological polar surface area (TPSA) is 82.5 Å². The number of aliphatic hydroxyl groups is 1. The lowest BCUT2D eigenvalue weighted by molar-refractivity contribution is -0.0673.